The summed E-state index contributed by atoms with van der Waals surface area (Å²) in [6.07, 6.45) is 8.90. The lowest BCUT2D eigenvalue weighted by molar-refractivity contribution is 0.111. The van der Waals surface area contributed by atoms with Gasteiger partial charge in [-0.25, -0.2) is 9.97 Å². The molecule has 0 aromatic carbocycles. The molecule has 0 bridgehead atoms. The average molecular weight is 218 g/mol. The molecule has 2 rings (SSSR count). The van der Waals surface area contributed by atoms with Crippen molar-refractivity contribution in [3.8, 4) is 0 Å². The van der Waals surface area contributed by atoms with Crippen LogP contribution in [0.25, 0.3) is 0 Å². The first-order valence-electron chi connectivity index (χ1n) is 5.30. The molecule has 0 atom stereocenters. The number of nitrogens with zero attached hydrogens (tertiary/aromatic N) is 4. The average Bonchev–Trinajstić information content (AvgIpc) is 2.89. The first-order chi connectivity index (χ1) is 7.85. The van der Waals surface area contributed by atoms with Crippen LogP contribution in [0.4, 0.5) is 0 Å². The number of aldehydes is 1. The van der Waals surface area contributed by atoms with Crippen molar-refractivity contribution in [2.75, 3.05) is 0 Å². The van der Waals surface area contributed by atoms with Crippen LogP contribution in [-0.4, -0.2) is 25.4 Å². The molecular weight excluding hydrogens is 204 g/mol. The number of carbonyl (C=O) groups is 1. The summed E-state index contributed by atoms with van der Waals surface area (Å²) in [6, 6.07) is 0. The molecule has 0 unspecified atom stereocenters. The molecule has 0 fully saturated rings. The number of rotatable bonds is 5. The predicted octanol–water partition coefficient (Wildman–Crippen LogP) is 1.35. The van der Waals surface area contributed by atoms with Crippen molar-refractivity contribution in [3.05, 3.63) is 36.4 Å². The van der Waals surface area contributed by atoms with Crippen LogP contribution in [0.3, 0.4) is 0 Å². The number of aromatic nitrogens is 4. The quantitative estimate of drug-likeness (QED) is 0.712. The van der Waals surface area contributed by atoms with Gasteiger partial charge in [0.1, 0.15) is 0 Å². The molecule has 84 valence electrons. The van der Waals surface area contributed by atoms with Crippen LogP contribution in [0.1, 0.15) is 29.7 Å². The molecule has 16 heavy (non-hydrogen) atoms. The summed E-state index contributed by atoms with van der Waals surface area (Å²) in [5.74, 6) is 0.448. The zero-order chi connectivity index (χ0) is 11.4. The zero-order valence-corrected chi connectivity index (χ0v) is 9.21. The molecule has 0 N–H and O–H groups in total. The molecule has 0 radical (unpaired) electrons. The van der Waals surface area contributed by atoms with Crippen molar-refractivity contribution in [2.45, 2.75) is 26.4 Å². The standard InChI is InChI=1S/C11H14N4O/c1-2-4-15-9-12-6-10(15)7-14-5-3-13-11(14)8-16/h3,5-6,8-9H,2,4,7H2,1H3. The molecule has 0 amide bonds. The van der Waals surface area contributed by atoms with Crippen molar-refractivity contribution < 1.29 is 4.79 Å². The predicted molar refractivity (Wildman–Crippen MR) is 59.2 cm³/mol. The SMILES string of the molecule is CCCn1cncc1Cn1ccnc1C=O. The summed E-state index contributed by atoms with van der Waals surface area (Å²) >= 11 is 0. The van der Waals surface area contributed by atoms with E-state index in [0.717, 1.165) is 24.9 Å². The minimum atomic E-state index is 0.448. The molecule has 0 aliphatic heterocycles. The van der Waals surface area contributed by atoms with Gasteiger partial charge in [-0.05, 0) is 6.42 Å². The Morgan fingerprint density at radius 1 is 1.44 bits per heavy atom. The number of hydrogen-bond donors (Lipinski definition) is 0. The van der Waals surface area contributed by atoms with E-state index in [2.05, 4.69) is 21.5 Å². The fourth-order valence-corrected chi connectivity index (χ4v) is 1.67. The summed E-state index contributed by atoms with van der Waals surface area (Å²) in [6.45, 7) is 3.70. The Hall–Kier alpha value is -1.91. The summed E-state index contributed by atoms with van der Waals surface area (Å²) in [7, 11) is 0. The van der Waals surface area contributed by atoms with Gasteiger partial charge in [0, 0.05) is 25.1 Å². The number of imidazole rings is 2. The summed E-state index contributed by atoms with van der Waals surface area (Å²) in [5, 5.41) is 0. The third kappa shape index (κ3) is 2.03. The monoisotopic (exact) mass is 218 g/mol. The highest BCUT2D eigenvalue weighted by Crippen LogP contribution is 2.05. The van der Waals surface area contributed by atoms with Gasteiger partial charge < -0.3 is 9.13 Å². The van der Waals surface area contributed by atoms with Gasteiger partial charge in [-0.15, -0.1) is 0 Å². The third-order valence-electron chi connectivity index (χ3n) is 2.45. The van der Waals surface area contributed by atoms with E-state index in [4.69, 9.17) is 0 Å². The highest BCUT2D eigenvalue weighted by Gasteiger charge is 2.05. The maximum atomic E-state index is 10.7. The van der Waals surface area contributed by atoms with E-state index in [1.165, 1.54) is 0 Å². The molecule has 0 saturated carbocycles. The highest BCUT2D eigenvalue weighted by atomic mass is 16.1. The molecule has 5 heteroatoms. The molecule has 0 spiro atoms. The second-order valence-electron chi connectivity index (χ2n) is 3.61. The van der Waals surface area contributed by atoms with E-state index in [9.17, 15) is 4.79 Å². The van der Waals surface area contributed by atoms with E-state index in [1.807, 2.05) is 17.1 Å². The van der Waals surface area contributed by atoms with Crippen molar-refractivity contribution in [1.29, 1.82) is 0 Å². The van der Waals surface area contributed by atoms with Crippen LogP contribution in [0.5, 0.6) is 0 Å². The van der Waals surface area contributed by atoms with Gasteiger partial charge in [-0.3, -0.25) is 4.79 Å². The summed E-state index contributed by atoms with van der Waals surface area (Å²) < 4.78 is 3.91. The molecular formula is C11H14N4O. The maximum absolute atomic E-state index is 10.7. The molecule has 2 aromatic heterocycles. The number of carbonyl (C=O) groups excluding carboxylic acids is 1. The van der Waals surface area contributed by atoms with Crippen molar-refractivity contribution >= 4 is 6.29 Å². The third-order valence-corrected chi connectivity index (χ3v) is 2.45. The maximum Gasteiger partial charge on any atom is 0.185 e. The van der Waals surface area contributed by atoms with Crippen molar-refractivity contribution in [1.82, 2.24) is 19.1 Å². The van der Waals surface area contributed by atoms with Gasteiger partial charge in [0.15, 0.2) is 12.1 Å². The number of hydrogen-bond acceptors (Lipinski definition) is 3. The Bertz CT molecular complexity index is 472. The minimum Gasteiger partial charge on any atom is -0.333 e. The molecule has 5 nitrogen and oxygen atoms in total. The van der Waals surface area contributed by atoms with E-state index in [0.29, 0.717) is 12.4 Å². The second-order valence-corrected chi connectivity index (χ2v) is 3.61. The zero-order valence-electron chi connectivity index (χ0n) is 9.21. The second kappa shape index (κ2) is 4.74. The Balaban J connectivity index is 2.20. The van der Waals surface area contributed by atoms with Crippen LogP contribution >= 0.6 is 0 Å². The summed E-state index contributed by atoms with van der Waals surface area (Å²) in [5.41, 5.74) is 1.09. The van der Waals surface area contributed by atoms with E-state index >= 15 is 0 Å². The van der Waals surface area contributed by atoms with Crippen LogP contribution < -0.4 is 0 Å². The molecule has 0 aliphatic rings. The largest absolute Gasteiger partial charge is 0.333 e. The highest BCUT2D eigenvalue weighted by molar-refractivity contribution is 5.69. The first kappa shape index (κ1) is 10.6. The molecule has 0 saturated heterocycles. The van der Waals surface area contributed by atoms with Gasteiger partial charge in [0.05, 0.1) is 18.6 Å². The Labute approximate surface area is 93.8 Å². The van der Waals surface area contributed by atoms with Crippen molar-refractivity contribution in [3.63, 3.8) is 0 Å². The van der Waals surface area contributed by atoms with Crippen LogP contribution in [0.15, 0.2) is 24.9 Å². The van der Waals surface area contributed by atoms with E-state index in [-0.39, 0.29) is 0 Å². The topological polar surface area (TPSA) is 52.7 Å². The van der Waals surface area contributed by atoms with E-state index < -0.39 is 0 Å². The van der Waals surface area contributed by atoms with Gasteiger partial charge in [-0.2, -0.15) is 0 Å². The lowest BCUT2D eigenvalue weighted by atomic mass is 10.4. The lowest BCUT2D eigenvalue weighted by Crippen LogP contribution is -2.08. The number of aryl methyl sites for hydroxylation is 1. The fourth-order valence-electron chi connectivity index (χ4n) is 1.67. The minimum absolute atomic E-state index is 0.448. The fraction of sp³-hybridized carbons (Fsp3) is 0.364. The van der Waals surface area contributed by atoms with Gasteiger partial charge >= 0.3 is 0 Å². The lowest BCUT2D eigenvalue weighted by Gasteiger charge is -2.07. The first-order valence-corrected chi connectivity index (χ1v) is 5.30. The van der Waals surface area contributed by atoms with Crippen LogP contribution in [0.2, 0.25) is 0 Å². The molecule has 0 aliphatic carbocycles. The Kier molecular flexibility index (Phi) is 3.14. The van der Waals surface area contributed by atoms with Crippen LogP contribution in [-0.2, 0) is 13.1 Å². The smallest absolute Gasteiger partial charge is 0.185 e. The van der Waals surface area contributed by atoms with E-state index in [1.54, 1.807) is 12.4 Å². The Morgan fingerprint density at radius 3 is 3.06 bits per heavy atom. The van der Waals surface area contributed by atoms with Crippen LogP contribution in [0, 0.1) is 0 Å². The molecule has 2 heterocycles. The van der Waals surface area contributed by atoms with Gasteiger partial charge in [0.25, 0.3) is 0 Å². The van der Waals surface area contributed by atoms with Crippen molar-refractivity contribution in [2.24, 2.45) is 0 Å². The molecule has 2 aromatic rings. The normalized spacial score (nSPS) is 10.6. The van der Waals surface area contributed by atoms with Gasteiger partial charge in [0.2, 0.25) is 0 Å². The van der Waals surface area contributed by atoms with Gasteiger partial charge in [-0.1, -0.05) is 6.92 Å². The summed E-state index contributed by atoms with van der Waals surface area (Å²) in [4.78, 5) is 18.8. The Morgan fingerprint density at radius 2 is 2.31 bits per heavy atom.